The quantitative estimate of drug-likeness (QED) is 0.774. The first-order valence-corrected chi connectivity index (χ1v) is 6.20. The molecule has 0 aliphatic heterocycles. The van der Waals surface area contributed by atoms with Gasteiger partial charge in [-0.05, 0) is 24.6 Å². The Balaban J connectivity index is 2.97. The Hall–Kier alpha value is -2.32. The van der Waals surface area contributed by atoms with Crippen LogP contribution in [0.4, 0.5) is 0 Å². The van der Waals surface area contributed by atoms with Crippen LogP contribution in [0.2, 0.25) is 0 Å². The van der Waals surface area contributed by atoms with Gasteiger partial charge in [0.05, 0.1) is 13.2 Å². The Labute approximate surface area is 118 Å². The monoisotopic (exact) mass is 274 g/mol. The van der Waals surface area contributed by atoms with Crippen LogP contribution < -0.4 is 5.73 Å². The highest BCUT2D eigenvalue weighted by Crippen LogP contribution is 2.12. The van der Waals surface area contributed by atoms with Crippen molar-refractivity contribution >= 4 is 11.8 Å². The molecular formula is C15H18N2O3. The van der Waals surface area contributed by atoms with E-state index in [4.69, 9.17) is 10.8 Å². The van der Waals surface area contributed by atoms with Crippen LogP contribution >= 0.6 is 0 Å². The van der Waals surface area contributed by atoms with Crippen LogP contribution in [0.1, 0.15) is 27.9 Å². The average molecular weight is 274 g/mol. The molecule has 0 spiro atoms. The lowest BCUT2D eigenvalue weighted by Crippen LogP contribution is -2.35. The van der Waals surface area contributed by atoms with Crippen molar-refractivity contribution in [2.45, 2.75) is 13.3 Å². The third-order valence-corrected chi connectivity index (χ3v) is 2.68. The number of carbonyl (C=O) groups excluding carboxylic acids is 2. The van der Waals surface area contributed by atoms with Crippen molar-refractivity contribution in [3.05, 3.63) is 34.9 Å². The molecule has 0 unspecified atom stereocenters. The molecule has 5 nitrogen and oxygen atoms in total. The van der Waals surface area contributed by atoms with Crippen LogP contribution in [0.3, 0.4) is 0 Å². The number of benzene rings is 1. The Morgan fingerprint density at radius 3 is 2.70 bits per heavy atom. The number of amides is 2. The molecule has 1 aromatic rings. The largest absolute Gasteiger partial charge is 0.395 e. The van der Waals surface area contributed by atoms with Gasteiger partial charge in [-0.1, -0.05) is 17.9 Å². The van der Waals surface area contributed by atoms with Crippen LogP contribution in [-0.4, -0.2) is 42.0 Å². The molecule has 0 heterocycles. The second-order valence-corrected chi connectivity index (χ2v) is 4.43. The van der Waals surface area contributed by atoms with Gasteiger partial charge in [0.1, 0.15) is 0 Å². The Kier molecular flexibility index (Phi) is 5.75. The van der Waals surface area contributed by atoms with Gasteiger partial charge in [-0.25, -0.2) is 0 Å². The Bertz CT molecular complexity index is 570. The summed E-state index contributed by atoms with van der Waals surface area (Å²) in [6.45, 7) is 1.77. The fourth-order valence-corrected chi connectivity index (χ4v) is 1.63. The van der Waals surface area contributed by atoms with Crippen molar-refractivity contribution in [3.8, 4) is 11.8 Å². The molecular weight excluding hydrogens is 256 g/mol. The molecule has 1 rings (SSSR count). The number of aryl methyl sites for hydroxylation is 1. The predicted octanol–water partition coefficient (Wildman–Crippen LogP) is 0.286. The molecule has 0 aromatic heterocycles. The lowest BCUT2D eigenvalue weighted by Gasteiger charge is -2.15. The zero-order valence-electron chi connectivity index (χ0n) is 11.6. The maximum Gasteiger partial charge on any atom is 0.254 e. The average Bonchev–Trinajstić information content (AvgIpc) is 2.39. The van der Waals surface area contributed by atoms with Gasteiger partial charge >= 0.3 is 0 Å². The van der Waals surface area contributed by atoms with Crippen LogP contribution in [0.15, 0.2) is 18.2 Å². The number of aliphatic hydroxyl groups excluding tert-OH is 1. The summed E-state index contributed by atoms with van der Waals surface area (Å²) in [5.41, 5.74) is 7.20. The summed E-state index contributed by atoms with van der Waals surface area (Å²) in [6, 6.07) is 5.17. The van der Waals surface area contributed by atoms with Gasteiger partial charge < -0.3 is 15.7 Å². The van der Waals surface area contributed by atoms with E-state index in [9.17, 15) is 9.59 Å². The van der Waals surface area contributed by atoms with Crippen molar-refractivity contribution in [1.29, 1.82) is 0 Å². The first kappa shape index (κ1) is 15.7. The number of carbonyl (C=O) groups is 2. The third kappa shape index (κ3) is 4.41. The van der Waals surface area contributed by atoms with Gasteiger partial charge in [0.25, 0.3) is 5.91 Å². The van der Waals surface area contributed by atoms with E-state index >= 15 is 0 Å². The maximum absolute atomic E-state index is 12.1. The number of rotatable bonds is 4. The van der Waals surface area contributed by atoms with E-state index in [1.165, 1.54) is 11.9 Å². The van der Waals surface area contributed by atoms with Crippen LogP contribution in [0.25, 0.3) is 0 Å². The van der Waals surface area contributed by atoms with Crippen molar-refractivity contribution in [2.75, 3.05) is 20.2 Å². The zero-order valence-corrected chi connectivity index (χ0v) is 11.6. The standard InChI is InChI=1S/C15H18N2O3/c1-11-6-7-13(9-12(11)5-3-4-8-18)15(20)17(2)10-14(16)19/h6-7,9,18H,4,8,10H2,1-2H3,(H2,16,19). The van der Waals surface area contributed by atoms with Crippen molar-refractivity contribution in [2.24, 2.45) is 5.73 Å². The fourth-order valence-electron chi connectivity index (χ4n) is 1.63. The zero-order chi connectivity index (χ0) is 15.1. The van der Waals surface area contributed by atoms with E-state index in [-0.39, 0.29) is 19.1 Å². The number of nitrogens with zero attached hydrogens (tertiary/aromatic N) is 1. The lowest BCUT2D eigenvalue weighted by molar-refractivity contribution is -0.118. The molecule has 0 aliphatic carbocycles. The Morgan fingerprint density at radius 2 is 2.10 bits per heavy atom. The van der Waals surface area contributed by atoms with E-state index < -0.39 is 5.91 Å². The van der Waals surface area contributed by atoms with Crippen LogP contribution in [-0.2, 0) is 4.79 Å². The van der Waals surface area contributed by atoms with E-state index in [2.05, 4.69) is 11.8 Å². The summed E-state index contributed by atoms with van der Waals surface area (Å²) in [7, 11) is 1.52. The second-order valence-electron chi connectivity index (χ2n) is 4.43. The highest BCUT2D eigenvalue weighted by molar-refractivity contribution is 5.96. The summed E-state index contributed by atoms with van der Waals surface area (Å²) >= 11 is 0. The van der Waals surface area contributed by atoms with E-state index in [0.717, 1.165) is 11.1 Å². The molecule has 3 N–H and O–H groups in total. The first-order chi connectivity index (χ1) is 9.45. The molecule has 1 aromatic carbocycles. The molecule has 0 fully saturated rings. The number of hydrogen-bond acceptors (Lipinski definition) is 3. The number of nitrogens with two attached hydrogens (primary N) is 1. The van der Waals surface area contributed by atoms with Crippen molar-refractivity contribution < 1.29 is 14.7 Å². The molecule has 0 bridgehead atoms. The van der Waals surface area contributed by atoms with Gasteiger partial charge in [0, 0.05) is 24.6 Å². The van der Waals surface area contributed by atoms with Gasteiger partial charge in [-0.3, -0.25) is 9.59 Å². The van der Waals surface area contributed by atoms with E-state index in [1.54, 1.807) is 18.2 Å². The molecule has 0 aliphatic rings. The second kappa shape index (κ2) is 7.31. The molecule has 0 atom stereocenters. The summed E-state index contributed by atoms with van der Waals surface area (Å²) in [4.78, 5) is 24.2. The summed E-state index contributed by atoms with van der Waals surface area (Å²) in [5, 5.41) is 8.71. The minimum absolute atomic E-state index is 0.00597. The molecule has 5 heteroatoms. The first-order valence-electron chi connectivity index (χ1n) is 6.20. The molecule has 0 radical (unpaired) electrons. The van der Waals surface area contributed by atoms with E-state index in [0.29, 0.717) is 12.0 Å². The molecule has 0 saturated carbocycles. The van der Waals surface area contributed by atoms with E-state index in [1.807, 2.05) is 6.92 Å². The third-order valence-electron chi connectivity index (χ3n) is 2.68. The topological polar surface area (TPSA) is 83.6 Å². The van der Waals surface area contributed by atoms with Gasteiger partial charge in [-0.2, -0.15) is 0 Å². The van der Waals surface area contributed by atoms with Crippen LogP contribution in [0.5, 0.6) is 0 Å². The SMILES string of the molecule is Cc1ccc(C(=O)N(C)CC(N)=O)cc1C#CCCO. The normalized spacial score (nSPS) is 9.55. The summed E-state index contributed by atoms with van der Waals surface area (Å²) < 4.78 is 0. The van der Waals surface area contributed by atoms with Gasteiger partial charge in [0.15, 0.2) is 0 Å². The Morgan fingerprint density at radius 1 is 1.40 bits per heavy atom. The van der Waals surface area contributed by atoms with Crippen molar-refractivity contribution in [1.82, 2.24) is 4.90 Å². The summed E-state index contributed by atoms with van der Waals surface area (Å²) in [6.07, 6.45) is 0.388. The molecule has 106 valence electrons. The minimum Gasteiger partial charge on any atom is -0.395 e. The highest BCUT2D eigenvalue weighted by atomic mass is 16.2. The number of hydrogen-bond donors (Lipinski definition) is 2. The molecule has 0 saturated heterocycles. The summed E-state index contributed by atoms with van der Waals surface area (Å²) in [5.74, 6) is 4.89. The smallest absolute Gasteiger partial charge is 0.254 e. The minimum atomic E-state index is -0.559. The van der Waals surface area contributed by atoms with Gasteiger partial charge in [0.2, 0.25) is 5.91 Å². The number of aliphatic hydroxyl groups is 1. The number of primary amides is 1. The molecule has 2 amide bonds. The lowest BCUT2D eigenvalue weighted by atomic mass is 10.0. The maximum atomic E-state index is 12.1. The fraction of sp³-hybridized carbons (Fsp3) is 0.333. The van der Waals surface area contributed by atoms with Crippen LogP contribution in [0, 0.1) is 18.8 Å². The number of likely N-dealkylation sites (N-methyl/N-ethyl adjacent to an activating group) is 1. The highest BCUT2D eigenvalue weighted by Gasteiger charge is 2.14. The van der Waals surface area contributed by atoms with Crippen molar-refractivity contribution in [3.63, 3.8) is 0 Å². The predicted molar refractivity (Wildman–Crippen MR) is 75.9 cm³/mol. The molecule has 20 heavy (non-hydrogen) atoms. The van der Waals surface area contributed by atoms with Gasteiger partial charge in [-0.15, -0.1) is 0 Å².